The Kier molecular flexibility index (Phi) is 5.25. The number of hydrogen-bond donors (Lipinski definition) is 1. The van der Waals surface area contributed by atoms with E-state index >= 15 is 0 Å². The predicted molar refractivity (Wildman–Crippen MR) is 78.6 cm³/mol. The van der Waals surface area contributed by atoms with Gasteiger partial charge in [-0.3, -0.25) is 9.59 Å². The Morgan fingerprint density at radius 2 is 1.70 bits per heavy atom. The fourth-order valence-electron chi connectivity index (χ4n) is 2.71. The number of ether oxygens (including phenoxy) is 2. The van der Waals surface area contributed by atoms with Crippen LogP contribution in [0.5, 0.6) is 0 Å². The van der Waals surface area contributed by atoms with Crippen molar-refractivity contribution in [2.45, 2.75) is 55.5 Å². The van der Waals surface area contributed by atoms with Crippen LogP contribution in [-0.2, 0) is 19.1 Å². The van der Waals surface area contributed by atoms with Gasteiger partial charge >= 0.3 is 11.9 Å². The van der Waals surface area contributed by atoms with Crippen LogP contribution in [0.2, 0.25) is 0 Å². The molecule has 1 spiro atoms. The van der Waals surface area contributed by atoms with E-state index in [1.165, 1.54) is 13.8 Å². The summed E-state index contributed by atoms with van der Waals surface area (Å²) in [5, 5.41) is 10.4. The lowest BCUT2D eigenvalue weighted by atomic mass is 9.90. The number of esters is 2. The lowest BCUT2D eigenvalue weighted by Crippen LogP contribution is -2.59. The zero-order valence-electron chi connectivity index (χ0n) is 11.7. The Labute approximate surface area is 127 Å². The first-order valence-electron chi connectivity index (χ1n) is 6.76. The molecule has 7 heteroatoms. The second-order valence-corrected chi connectivity index (χ2v) is 8.05. The minimum atomic E-state index is -0.609. The van der Waals surface area contributed by atoms with Crippen LogP contribution in [0.3, 0.4) is 0 Å². The third-order valence-corrected chi connectivity index (χ3v) is 7.08. The van der Waals surface area contributed by atoms with Gasteiger partial charge in [-0.05, 0) is 30.8 Å². The van der Waals surface area contributed by atoms with E-state index in [0.717, 1.165) is 17.9 Å². The highest BCUT2D eigenvalue weighted by Gasteiger charge is 2.56. The number of carbonyl (C=O) groups excluding carboxylic acids is 2. The van der Waals surface area contributed by atoms with Crippen LogP contribution in [-0.4, -0.2) is 50.9 Å². The first-order chi connectivity index (χ1) is 9.45. The number of aliphatic hydroxyl groups is 1. The topological polar surface area (TPSA) is 72.8 Å². The molecule has 0 amide bonds. The minimum Gasteiger partial charge on any atom is -0.459 e. The highest BCUT2D eigenvalue weighted by Crippen LogP contribution is 2.53. The van der Waals surface area contributed by atoms with Crippen LogP contribution < -0.4 is 0 Å². The number of rotatable bonds is 2. The van der Waals surface area contributed by atoms with E-state index in [-0.39, 0.29) is 5.97 Å². The van der Waals surface area contributed by atoms with Crippen LogP contribution >= 0.6 is 23.5 Å². The van der Waals surface area contributed by atoms with Crippen molar-refractivity contribution in [3.05, 3.63) is 0 Å². The number of carbonyl (C=O) groups is 2. The van der Waals surface area contributed by atoms with Gasteiger partial charge in [0.1, 0.15) is 10.2 Å². The fourth-order valence-corrected chi connectivity index (χ4v) is 6.30. The SMILES string of the molecule is CC(=O)O[C@@H]1[C@H](OC(C)=O)CC[C@@H](O)C12SCCCS2. The van der Waals surface area contributed by atoms with Crippen molar-refractivity contribution >= 4 is 35.5 Å². The van der Waals surface area contributed by atoms with Gasteiger partial charge in [0.15, 0.2) is 6.10 Å². The van der Waals surface area contributed by atoms with Crippen molar-refractivity contribution < 1.29 is 24.2 Å². The minimum absolute atomic E-state index is 0.385. The van der Waals surface area contributed by atoms with Crippen LogP contribution in [0.15, 0.2) is 0 Å². The molecule has 1 saturated heterocycles. The van der Waals surface area contributed by atoms with Crippen molar-refractivity contribution in [1.82, 2.24) is 0 Å². The van der Waals surface area contributed by atoms with Crippen molar-refractivity contribution in [2.75, 3.05) is 11.5 Å². The lowest BCUT2D eigenvalue weighted by Gasteiger charge is -2.49. The number of aliphatic hydroxyl groups excluding tert-OH is 1. The Morgan fingerprint density at radius 1 is 1.10 bits per heavy atom. The highest BCUT2D eigenvalue weighted by atomic mass is 32.2. The van der Waals surface area contributed by atoms with Gasteiger partial charge in [0, 0.05) is 13.8 Å². The maximum absolute atomic E-state index is 11.4. The van der Waals surface area contributed by atoms with Gasteiger partial charge in [0.25, 0.3) is 0 Å². The van der Waals surface area contributed by atoms with Crippen molar-refractivity contribution in [3.8, 4) is 0 Å². The molecule has 1 N–H and O–H groups in total. The number of thioether (sulfide) groups is 2. The fraction of sp³-hybridized carbons (Fsp3) is 0.846. The summed E-state index contributed by atoms with van der Waals surface area (Å²) in [6, 6.07) is 0. The average molecular weight is 320 g/mol. The van der Waals surface area contributed by atoms with E-state index in [4.69, 9.17) is 9.47 Å². The molecule has 0 aromatic carbocycles. The molecule has 0 bridgehead atoms. The van der Waals surface area contributed by atoms with E-state index in [9.17, 15) is 14.7 Å². The molecule has 2 rings (SSSR count). The third-order valence-electron chi connectivity index (χ3n) is 3.48. The quantitative estimate of drug-likeness (QED) is 0.774. The summed E-state index contributed by atoms with van der Waals surface area (Å²) < 4.78 is 10.2. The molecule has 0 unspecified atom stereocenters. The summed E-state index contributed by atoms with van der Waals surface area (Å²) in [7, 11) is 0. The summed E-state index contributed by atoms with van der Waals surface area (Å²) in [5.41, 5.74) is 0. The zero-order chi connectivity index (χ0) is 14.8. The van der Waals surface area contributed by atoms with Crippen LogP contribution in [0.25, 0.3) is 0 Å². The van der Waals surface area contributed by atoms with Crippen LogP contribution in [0.4, 0.5) is 0 Å². The van der Waals surface area contributed by atoms with E-state index in [1.54, 1.807) is 23.5 Å². The molecule has 0 aromatic rings. The van der Waals surface area contributed by atoms with Gasteiger partial charge in [-0.1, -0.05) is 0 Å². The Hall–Kier alpha value is -0.400. The molecule has 1 aliphatic carbocycles. The Bertz CT molecular complexity index is 381. The average Bonchev–Trinajstić information content (AvgIpc) is 2.39. The molecular formula is C13H20O5S2. The number of hydrogen-bond acceptors (Lipinski definition) is 7. The maximum atomic E-state index is 11.4. The van der Waals surface area contributed by atoms with Crippen LogP contribution in [0, 0.1) is 0 Å². The van der Waals surface area contributed by atoms with Gasteiger partial charge in [-0.15, -0.1) is 23.5 Å². The van der Waals surface area contributed by atoms with Gasteiger partial charge in [-0.25, -0.2) is 0 Å². The Morgan fingerprint density at radius 3 is 2.25 bits per heavy atom. The van der Waals surface area contributed by atoms with Crippen molar-refractivity contribution in [1.29, 1.82) is 0 Å². The van der Waals surface area contributed by atoms with E-state index in [2.05, 4.69) is 0 Å². The molecule has 1 saturated carbocycles. The summed E-state index contributed by atoms with van der Waals surface area (Å²) in [5.74, 6) is 1.03. The molecule has 0 aromatic heterocycles. The summed E-state index contributed by atoms with van der Waals surface area (Å²) in [4.78, 5) is 22.7. The first kappa shape index (κ1) is 16.0. The molecule has 5 nitrogen and oxygen atoms in total. The van der Waals surface area contributed by atoms with Crippen LogP contribution in [0.1, 0.15) is 33.1 Å². The molecule has 20 heavy (non-hydrogen) atoms. The van der Waals surface area contributed by atoms with Gasteiger partial charge in [0.05, 0.1) is 6.10 Å². The normalized spacial score (nSPS) is 32.6. The van der Waals surface area contributed by atoms with Crippen molar-refractivity contribution in [3.63, 3.8) is 0 Å². The summed E-state index contributed by atoms with van der Waals surface area (Å²) in [6.07, 6.45) is 0.501. The Balaban J connectivity index is 2.27. The lowest BCUT2D eigenvalue weighted by molar-refractivity contribution is -0.173. The predicted octanol–water partition coefficient (Wildman–Crippen LogP) is 1.57. The van der Waals surface area contributed by atoms with Crippen molar-refractivity contribution in [2.24, 2.45) is 0 Å². The second-order valence-electron chi connectivity index (χ2n) is 5.04. The van der Waals surface area contributed by atoms with Gasteiger partial charge in [-0.2, -0.15) is 0 Å². The monoisotopic (exact) mass is 320 g/mol. The standard InChI is InChI=1S/C13H20O5S2/c1-8(14)17-10-4-5-11(16)13(12(10)18-9(2)15)19-6-3-7-20-13/h10-12,16H,3-7H2,1-2H3/t10-,11-,12-/m1/s1. The zero-order valence-corrected chi connectivity index (χ0v) is 13.3. The molecule has 3 atom stereocenters. The first-order valence-corrected chi connectivity index (χ1v) is 8.73. The van der Waals surface area contributed by atoms with E-state index < -0.39 is 28.4 Å². The molecule has 114 valence electrons. The molecule has 2 fully saturated rings. The maximum Gasteiger partial charge on any atom is 0.303 e. The van der Waals surface area contributed by atoms with Gasteiger partial charge in [0.2, 0.25) is 0 Å². The third kappa shape index (κ3) is 3.26. The summed E-state index contributed by atoms with van der Waals surface area (Å²) in [6.45, 7) is 2.70. The molecular weight excluding hydrogens is 300 g/mol. The largest absolute Gasteiger partial charge is 0.459 e. The molecule has 1 aliphatic heterocycles. The summed E-state index contributed by atoms with van der Waals surface area (Å²) >= 11 is 3.24. The molecule has 0 radical (unpaired) electrons. The van der Waals surface area contributed by atoms with E-state index in [0.29, 0.717) is 12.8 Å². The second kappa shape index (κ2) is 6.58. The van der Waals surface area contributed by atoms with Gasteiger partial charge < -0.3 is 14.6 Å². The highest BCUT2D eigenvalue weighted by molar-refractivity contribution is 8.19. The van der Waals surface area contributed by atoms with E-state index in [1.807, 2.05) is 0 Å². The molecule has 2 aliphatic rings. The molecule has 1 heterocycles. The smallest absolute Gasteiger partial charge is 0.303 e.